The van der Waals surface area contributed by atoms with E-state index in [0.717, 1.165) is 4.47 Å². The molecule has 102 valence electrons. The minimum atomic E-state index is -0.945. The maximum Gasteiger partial charge on any atom is 0.332 e. The number of ether oxygens (including phenoxy) is 1. The van der Waals surface area contributed by atoms with Crippen molar-refractivity contribution in [3.63, 3.8) is 0 Å². The second kappa shape index (κ2) is 6.16. The molecule has 2 unspecified atom stereocenters. The van der Waals surface area contributed by atoms with Gasteiger partial charge in [-0.15, -0.1) is 0 Å². The number of rotatable bonds is 4. The number of carboxylic acid groups (broad SMARTS) is 1. The number of amides is 1. The van der Waals surface area contributed by atoms with Crippen LogP contribution in [0.1, 0.15) is 23.2 Å². The average Bonchev–Trinajstić information content (AvgIpc) is 2.85. The van der Waals surface area contributed by atoms with Crippen LogP contribution in [0.3, 0.4) is 0 Å². The Morgan fingerprint density at radius 1 is 1.37 bits per heavy atom. The van der Waals surface area contributed by atoms with E-state index in [-0.39, 0.29) is 12.0 Å². The lowest BCUT2D eigenvalue weighted by Gasteiger charge is -2.12. The minimum Gasteiger partial charge on any atom is -0.479 e. The zero-order valence-corrected chi connectivity index (χ0v) is 11.7. The summed E-state index contributed by atoms with van der Waals surface area (Å²) < 4.78 is 6.04. The number of aliphatic carboxylic acids is 1. The molecule has 2 N–H and O–H groups in total. The smallest absolute Gasteiger partial charge is 0.332 e. The zero-order chi connectivity index (χ0) is 13.8. The summed E-state index contributed by atoms with van der Waals surface area (Å²) in [5.41, 5.74) is 0.551. The van der Waals surface area contributed by atoms with Crippen molar-refractivity contribution < 1.29 is 19.4 Å². The van der Waals surface area contributed by atoms with E-state index in [1.807, 2.05) is 6.07 Å². The van der Waals surface area contributed by atoms with E-state index in [4.69, 9.17) is 9.84 Å². The zero-order valence-electron chi connectivity index (χ0n) is 10.1. The summed E-state index contributed by atoms with van der Waals surface area (Å²) in [6.07, 6.45) is 0.163. The summed E-state index contributed by atoms with van der Waals surface area (Å²) >= 11 is 3.31. The standard InChI is InChI=1S/C13H14BrNO4/c14-10-4-2-1-3-9(10)12(16)15-7-8-5-6-11(19-8)13(17)18/h1-4,8,11H,5-7H2,(H,15,16)(H,17,18). The Morgan fingerprint density at radius 3 is 2.74 bits per heavy atom. The molecule has 1 aromatic rings. The number of halogens is 1. The third-order valence-corrected chi connectivity index (χ3v) is 3.68. The molecule has 2 atom stereocenters. The van der Waals surface area contributed by atoms with Gasteiger partial charge in [-0.25, -0.2) is 4.79 Å². The van der Waals surface area contributed by atoms with Crippen LogP contribution in [0.5, 0.6) is 0 Å². The van der Waals surface area contributed by atoms with Crippen LogP contribution in [0.15, 0.2) is 28.7 Å². The van der Waals surface area contributed by atoms with E-state index in [1.54, 1.807) is 18.2 Å². The first-order valence-corrected chi connectivity index (χ1v) is 6.78. The topological polar surface area (TPSA) is 75.6 Å². The number of carbonyl (C=O) groups is 2. The summed E-state index contributed by atoms with van der Waals surface area (Å²) in [7, 11) is 0. The highest BCUT2D eigenvalue weighted by Crippen LogP contribution is 2.20. The van der Waals surface area contributed by atoms with Gasteiger partial charge in [-0.2, -0.15) is 0 Å². The Morgan fingerprint density at radius 2 is 2.11 bits per heavy atom. The van der Waals surface area contributed by atoms with Crippen LogP contribution < -0.4 is 5.32 Å². The fraction of sp³-hybridized carbons (Fsp3) is 0.385. The van der Waals surface area contributed by atoms with E-state index >= 15 is 0 Å². The van der Waals surface area contributed by atoms with Crippen molar-refractivity contribution >= 4 is 27.8 Å². The molecule has 1 amide bonds. The molecule has 1 heterocycles. The lowest BCUT2D eigenvalue weighted by atomic mass is 10.2. The highest BCUT2D eigenvalue weighted by molar-refractivity contribution is 9.10. The molecule has 1 aromatic carbocycles. The van der Waals surface area contributed by atoms with Gasteiger partial charge >= 0.3 is 5.97 Å². The quantitative estimate of drug-likeness (QED) is 0.884. The normalized spacial score (nSPS) is 22.2. The number of benzene rings is 1. The van der Waals surface area contributed by atoms with Gasteiger partial charge in [-0.1, -0.05) is 12.1 Å². The minimum absolute atomic E-state index is 0.199. The molecule has 1 fully saturated rings. The van der Waals surface area contributed by atoms with Crippen LogP contribution >= 0.6 is 15.9 Å². The lowest BCUT2D eigenvalue weighted by molar-refractivity contribution is -0.149. The van der Waals surface area contributed by atoms with Crippen molar-refractivity contribution in [1.82, 2.24) is 5.32 Å². The number of hydrogen-bond acceptors (Lipinski definition) is 3. The largest absolute Gasteiger partial charge is 0.479 e. The molecule has 0 radical (unpaired) electrons. The van der Waals surface area contributed by atoms with E-state index in [9.17, 15) is 9.59 Å². The molecule has 5 nitrogen and oxygen atoms in total. The van der Waals surface area contributed by atoms with Gasteiger partial charge in [-0.3, -0.25) is 4.79 Å². The van der Waals surface area contributed by atoms with Crippen molar-refractivity contribution in [1.29, 1.82) is 0 Å². The summed E-state index contributed by atoms with van der Waals surface area (Å²) in [6, 6.07) is 7.13. The summed E-state index contributed by atoms with van der Waals surface area (Å²) in [5, 5.41) is 11.6. The van der Waals surface area contributed by atoms with Crippen molar-refractivity contribution in [2.45, 2.75) is 25.0 Å². The van der Waals surface area contributed by atoms with Gasteiger partial charge in [-0.05, 0) is 40.9 Å². The molecule has 0 aromatic heterocycles. The number of carboxylic acids is 1. The summed E-state index contributed by atoms with van der Waals surface area (Å²) in [5.74, 6) is -1.14. The van der Waals surface area contributed by atoms with Gasteiger partial charge in [0.15, 0.2) is 6.10 Å². The fourth-order valence-electron chi connectivity index (χ4n) is 1.98. The molecule has 0 saturated carbocycles. The van der Waals surface area contributed by atoms with Gasteiger partial charge < -0.3 is 15.2 Å². The predicted molar refractivity (Wildman–Crippen MR) is 72.0 cm³/mol. The summed E-state index contributed by atoms with van der Waals surface area (Å²) in [4.78, 5) is 22.7. The molecular weight excluding hydrogens is 314 g/mol. The van der Waals surface area contributed by atoms with E-state index in [1.165, 1.54) is 0 Å². The molecule has 1 saturated heterocycles. The predicted octanol–water partition coefficient (Wildman–Crippen LogP) is 1.81. The molecule has 1 aliphatic heterocycles. The van der Waals surface area contributed by atoms with Gasteiger partial charge in [0.1, 0.15) is 0 Å². The van der Waals surface area contributed by atoms with E-state index in [0.29, 0.717) is 24.9 Å². The van der Waals surface area contributed by atoms with Gasteiger partial charge in [0, 0.05) is 11.0 Å². The number of carbonyl (C=O) groups excluding carboxylic acids is 1. The first kappa shape index (κ1) is 14.0. The van der Waals surface area contributed by atoms with E-state index < -0.39 is 12.1 Å². The van der Waals surface area contributed by atoms with Gasteiger partial charge in [0.25, 0.3) is 5.91 Å². The molecule has 0 bridgehead atoms. The second-order valence-electron chi connectivity index (χ2n) is 4.35. The lowest BCUT2D eigenvalue weighted by Crippen LogP contribution is -2.33. The Labute approximate surface area is 119 Å². The Kier molecular flexibility index (Phi) is 4.55. The Balaban J connectivity index is 1.85. The van der Waals surface area contributed by atoms with Crippen molar-refractivity contribution in [2.24, 2.45) is 0 Å². The second-order valence-corrected chi connectivity index (χ2v) is 5.21. The first-order valence-electron chi connectivity index (χ1n) is 5.99. The monoisotopic (exact) mass is 327 g/mol. The van der Waals surface area contributed by atoms with Crippen molar-refractivity contribution in [3.8, 4) is 0 Å². The maximum atomic E-state index is 11.9. The molecule has 0 spiro atoms. The van der Waals surface area contributed by atoms with Crippen molar-refractivity contribution in [3.05, 3.63) is 34.3 Å². The fourth-order valence-corrected chi connectivity index (χ4v) is 2.45. The number of hydrogen-bond donors (Lipinski definition) is 2. The van der Waals surface area contributed by atoms with Crippen molar-refractivity contribution in [2.75, 3.05) is 6.54 Å². The Hall–Kier alpha value is -1.40. The molecular formula is C13H14BrNO4. The molecule has 19 heavy (non-hydrogen) atoms. The SMILES string of the molecule is O=C(NCC1CCC(C(=O)O)O1)c1ccccc1Br. The average molecular weight is 328 g/mol. The van der Waals surface area contributed by atoms with Crippen LogP contribution in [0, 0.1) is 0 Å². The van der Waals surface area contributed by atoms with Crippen LogP contribution in [0.4, 0.5) is 0 Å². The highest BCUT2D eigenvalue weighted by Gasteiger charge is 2.30. The number of nitrogens with one attached hydrogen (secondary N) is 1. The van der Waals surface area contributed by atoms with Crippen LogP contribution in [-0.2, 0) is 9.53 Å². The molecule has 2 rings (SSSR count). The maximum absolute atomic E-state index is 11.9. The molecule has 1 aliphatic rings. The Bertz CT molecular complexity index is 491. The molecule has 0 aliphatic carbocycles. The highest BCUT2D eigenvalue weighted by atomic mass is 79.9. The van der Waals surface area contributed by atoms with Crippen LogP contribution in [0.25, 0.3) is 0 Å². The molecule has 6 heteroatoms. The third kappa shape index (κ3) is 3.54. The third-order valence-electron chi connectivity index (χ3n) is 2.99. The van der Waals surface area contributed by atoms with Crippen LogP contribution in [0.2, 0.25) is 0 Å². The summed E-state index contributed by atoms with van der Waals surface area (Å²) in [6.45, 7) is 0.323. The first-order chi connectivity index (χ1) is 9.08. The van der Waals surface area contributed by atoms with E-state index in [2.05, 4.69) is 21.2 Å². The van der Waals surface area contributed by atoms with Crippen LogP contribution in [-0.4, -0.2) is 35.7 Å². The van der Waals surface area contributed by atoms with Gasteiger partial charge in [0.2, 0.25) is 0 Å². The van der Waals surface area contributed by atoms with Gasteiger partial charge in [0.05, 0.1) is 11.7 Å².